The van der Waals surface area contributed by atoms with Crippen LogP contribution in [0.5, 0.6) is 17.2 Å². The topological polar surface area (TPSA) is 77.0 Å². The Morgan fingerprint density at radius 3 is 1.97 bits per heavy atom. The molecule has 1 saturated heterocycles. The molecule has 3 aromatic rings. The van der Waals surface area contributed by atoms with E-state index in [0.717, 1.165) is 17.7 Å². The summed E-state index contributed by atoms with van der Waals surface area (Å²) in [6, 6.07) is 10.6. The van der Waals surface area contributed by atoms with Crippen molar-refractivity contribution in [2.75, 3.05) is 52.4 Å². The summed E-state index contributed by atoms with van der Waals surface area (Å²) in [5.41, 5.74) is 0.841. The minimum atomic E-state index is -0.860. The molecule has 1 fully saturated rings. The smallest absolute Gasteiger partial charge is 0.259 e. The molecule has 0 spiro atoms. The number of hydrogen-bond acceptors (Lipinski definition) is 7. The van der Waals surface area contributed by atoms with E-state index in [9.17, 15) is 13.6 Å². The SMILES string of the molecule is COc1cc(-c2ccc(N3CCN(C(=O)c4c(F)cccc4F)CC3)nn2)cc(OC)c1OC. The number of benzene rings is 2. The number of piperazine rings is 1. The van der Waals surface area contributed by atoms with Crippen LogP contribution in [-0.4, -0.2) is 68.5 Å². The first-order valence-electron chi connectivity index (χ1n) is 10.6. The van der Waals surface area contributed by atoms with Crippen molar-refractivity contribution in [3.63, 3.8) is 0 Å². The fourth-order valence-electron chi connectivity index (χ4n) is 3.88. The lowest BCUT2D eigenvalue weighted by Gasteiger charge is -2.35. The highest BCUT2D eigenvalue weighted by molar-refractivity contribution is 5.95. The second kappa shape index (κ2) is 9.90. The van der Waals surface area contributed by atoms with E-state index in [1.165, 1.54) is 18.1 Å². The number of methoxy groups -OCH3 is 3. The number of hydrogen-bond donors (Lipinski definition) is 0. The highest BCUT2D eigenvalue weighted by Gasteiger charge is 2.27. The number of ether oxygens (including phenoxy) is 3. The van der Waals surface area contributed by atoms with Gasteiger partial charge in [0.05, 0.1) is 27.0 Å². The summed E-state index contributed by atoms with van der Waals surface area (Å²) in [6.45, 7) is 1.53. The molecule has 0 aliphatic carbocycles. The summed E-state index contributed by atoms with van der Waals surface area (Å²) in [6.07, 6.45) is 0. The number of carbonyl (C=O) groups excluding carboxylic acids is 1. The van der Waals surface area contributed by atoms with Gasteiger partial charge < -0.3 is 24.0 Å². The van der Waals surface area contributed by atoms with Gasteiger partial charge in [-0.2, -0.15) is 0 Å². The average Bonchev–Trinajstić information content (AvgIpc) is 2.87. The predicted molar refractivity (Wildman–Crippen MR) is 122 cm³/mol. The van der Waals surface area contributed by atoms with Crippen molar-refractivity contribution in [2.24, 2.45) is 0 Å². The third-order valence-electron chi connectivity index (χ3n) is 5.68. The van der Waals surface area contributed by atoms with Crippen LogP contribution in [0.3, 0.4) is 0 Å². The summed E-state index contributed by atoms with van der Waals surface area (Å²) in [5, 5.41) is 8.66. The van der Waals surface area contributed by atoms with E-state index in [0.29, 0.717) is 54.9 Å². The van der Waals surface area contributed by atoms with Gasteiger partial charge in [-0.05, 0) is 36.4 Å². The Kier molecular flexibility index (Phi) is 6.76. The summed E-state index contributed by atoms with van der Waals surface area (Å²) in [4.78, 5) is 16.0. The molecule has 178 valence electrons. The monoisotopic (exact) mass is 470 g/mol. The molecular formula is C24H24F2N4O4. The van der Waals surface area contributed by atoms with E-state index in [4.69, 9.17) is 14.2 Å². The molecule has 1 amide bonds. The molecule has 2 heterocycles. The van der Waals surface area contributed by atoms with Crippen molar-refractivity contribution in [3.8, 4) is 28.5 Å². The Morgan fingerprint density at radius 2 is 1.47 bits per heavy atom. The number of halogens is 2. The van der Waals surface area contributed by atoms with Crippen LogP contribution in [0, 0.1) is 11.6 Å². The van der Waals surface area contributed by atoms with E-state index in [1.807, 2.05) is 17.0 Å². The summed E-state index contributed by atoms with van der Waals surface area (Å²) < 4.78 is 44.1. The fourth-order valence-corrected chi connectivity index (χ4v) is 3.88. The Balaban J connectivity index is 1.46. The number of rotatable bonds is 6. The predicted octanol–water partition coefficient (Wildman–Crippen LogP) is 3.41. The van der Waals surface area contributed by atoms with Crippen molar-refractivity contribution >= 4 is 11.7 Å². The Hall–Kier alpha value is -3.95. The van der Waals surface area contributed by atoms with Gasteiger partial charge in [0.2, 0.25) is 5.75 Å². The first kappa shape index (κ1) is 23.2. The van der Waals surface area contributed by atoms with E-state index in [1.54, 1.807) is 26.4 Å². The first-order chi connectivity index (χ1) is 16.5. The molecule has 10 heteroatoms. The normalized spacial score (nSPS) is 13.6. The second-order valence-corrected chi connectivity index (χ2v) is 7.57. The van der Waals surface area contributed by atoms with E-state index >= 15 is 0 Å². The highest BCUT2D eigenvalue weighted by atomic mass is 19.1. The molecule has 0 radical (unpaired) electrons. The molecule has 8 nitrogen and oxygen atoms in total. The highest BCUT2D eigenvalue weighted by Crippen LogP contribution is 2.40. The van der Waals surface area contributed by atoms with Gasteiger partial charge >= 0.3 is 0 Å². The van der Waals surface area contributed by atoms with Crippen molar-refractivity contribution in [1.82, 2.24) is 15.1 Å². The maximum absolute atomic E-state index is 14.0. The Morgan fingerprint density at radius 1 is 0.853 bits per heavy atom. The molecule has 0 atom stereocenters. The summed E-state index contributed by atoms with van der Waals surface area (Å²) >= 11 is 0. The van der Waals surface area contributed by atoms with Crippen LogP contribution >= 0.6 is 0 Å². The third-order valence-corrected chi connectivity index (χ3v) is 5.68. The van der Waals surface area contributed by atoms with Crippen LogP contribution in [0.4, 0.5) is 14.6 Å². The van der Waals surface area contributed by atoms with Crippen LogP contribution < -0.4 is 19.1 Å². The van der Waals surface area contributed by atoms with Crippen LogP contribution in [-0.2, 0) is 0 Å². The molecule has 4 rings (SSSR count). The van der Waals surface area contributed by atoms with Gasteiger partial charge in [-0.15, -0.1) is 10.2 Å². The standard InChI is InChI=1S/C24H24F2N4O4/c1-32-19-13-15(14-20(33-2)23(19)34-3)18-7-8-21(28-27-18)29-9-11-30(12-10-29)24(31)22-16(25)5-4-6-17(22)26/h4-8,13-14H,9-12H2,1-3H3. The van der Waals surface area contributed by atoms with Crippen LogP contribution in [0.2, 0.25) is 0 Å². The number of nitrogens with zero attached hydrogens (tertiary/aromatic N) is 4. The number of anilines is 1. The zero-order chi connectivity index (χ0) is 24.2. The summed E-state index contributed by atoms with van der Waals surface area (Å²) in [5.74, 6) is -0.230. The van der Waals surface area contributed by atoms with Crippen molar-refractivity contribution in [3.05, 3.63) is 59.7 Å². The fraction of sp³-hybridized carbons (Fsp3) is 0.292. The lowest BCUT2D eigenvalue weighted by Crippen LogP contribution is -2.49. The molecule has 1 aliphatic heterocycles. The molecule has 0 saturated carbocycles. The lowest BCUT2D eigenvalue weighted by molar-refractivity contribution is 0.0736. The maximum Gasteiger partial charge on any atom is 0.259 e. The molecule has 1 aliphatic rings. The van der Waals surface area contributed by atoms with Crippen molar-refractivity contribution < 1.29 is 27.8 Å². The Labute approximate surface area is 195 Å². The lowest BCUT2D eigenvalue weighted by atomic mass is 10.1. The minimum absolute atomic E-state index is 0.308. The zero-order valence-electron chi connectivity index (χ0n) is 19.0. The molecule has 0 unspecified atom stereocenters. The van der Waals surface area contributed by atoms with Gasteiger partial charge in [-0.3, -0.25) is 4.79 Å². The molecule has 1 aromatic heterocycles. The van der Waals surface area contributed by atoms with Crippen LogP contribution in [0.15, 0.2) is 42.5 Å². The first-order valence-corrected chi connectivity index (χ1v) is 10.6. The van der Waals surface area contributed by atoms with Gasteiger partial charge in [-0.1, -0.05) is 6.07 Å². The summed E-state index contributed by atoms with van der Waals surface area (Å²) in [7, 11) is 4.62. The molecule has 34 heavy (non-hydrogen) atoms. The van der Waals surface area contributed by atoms with Crippen molar-refractivity contribution in [2.45, 2.75) is 0 Å². The number of aromatic nitrogens is 2. The van der Waals surface area contributed by atoms with Gasteiger partial charge in [-0.25, -0.2) is 8.78 Å². The minimum Gasteiger partial charge on any atom is -0.493 e. The zero-order valence-corrected chi connectivity index (χ0v) is 19.0. The van der Waals surface area contributed by atoms with Gasteiger partial charge in [0.1, 0.15) is 17.2 Å². The second-order valence-electron chi connectivity index (χ2n) is 7.57. The van der Waals surface area contributed by atoms with Crippen LogP contribution in [0.1, 0.15) is 10.4 Å². The van der Waals surface area contributed by atoms with Gasteiger partial charge in [0.25, 0.3) is 5.91 Å². The van der Waals surface area contributed by atoms with Crippen molar-refractivity contribution in [1.29, 1.82) is 0 Å². The van der Waals surface area contributed by atoms with Gasteiger partial charge in [0.15, 0.2) is 17.3 Å². The molecular weight excluding hydrogens is 446 g/mol. The number of carbonyl (C=O) groups is 1. The molecule has 0 bridgehead atoms. The molecule has 0 N–H and O–H groups in total. The number of amides is 1. The largest absolute Gasteiger partial charge is 0.493 e. The average molecular weight is 470 g/mol. The van der Waals surface area contributed by atoms with E-state index in [-0.39, 0.29) is 0 Å². The maximum atomic E-state index is 14.0. The third kappa shape index (κ3) is 4.43. The Bertz CT molecular complexity index is 1140. The van der Waals surface area contributed by atoms with E-state index in [2.05, 4.69) is 10.2 Å². The van der Waals surface area contributed by atoms with Gasteiger partial charge in [0, 0.05) is 31.7 Å². The molecule has 2 aromatic carbocycles. The quantitative estimate of drug-likeness (QED) is 0.547. The van der Waals surface area contributed by atoms with Crippen LogP contribution in [0.25, 0.3) is 11.3 Å². The van der Waals surface area contributed by atoms with E-state index < -0.39 is 23.1 Å².